The van der Waals surface area contributed by atoms with Gasteiger partial charge < -0.3 is 9.64 Å². The van der Waals surface area contributed by atoms with Crippen molar-refractivity contribution in [1.82, 2.24) is 9.62 Å². The van der Waals surface area contributed by atoms with Gasteiger partial charge in [-0.3, -0.25) is 0 Å². The number of rotatable bonds is 3. The van der Waals surface area contributed by atoms with Crippen molar-refractivity contribution in [2.24, 2.45) is 0 Å². The number of carbonyl (C=O) groups is 1. The first-order valence-electron chi connectivity index (χ1n) is 6.64. The number of carbonyl (C=O) groups excluding carboxylic acids is 1. The van der Waals surface area contributed by atoms with Crippen LogP contribution in [0.4, 0.5) is 13.6 Å². The van der Waals surface area contributed by atoms with E-state index >= 15 is 0 Å². The van der Waals surface area contributed by atoms with Gasteiger partial charge in [-0.15, -0.1) is 0 Å². The molecule has 0 saturated carbocycles. The number of nitrogens with zero attached hydrogens (tertiary/aromatic N) is 1. The van der Waals surface area contributed by atoms with Gasteiger partial charge in [-0.25, -0.2) is 26.7 Å². The molecule has 22 heavy (non-hydrogen) atoms. The van der Waals surface area contributed by atoms with Gasteiger partial charge in [0.1, 0.15) is 16.5 Å². The van der Waals surface area contributed by atoms with Gasteiger partial charge in [0, 0.05) is 25.2 Å². The molecule has 0 spiro atoms. The molecule has 0 aliphatic carbocycles. The Balaban J connectivity index is 2.03. The van der Waals surface area contributed by atoms with Crippen LogP contribution < -0.4 is 4.72 Å². The lowest BCUT2D eigenvalue weighted by Crippen LogP contribution is -2.46. The molecule has 0 radical (unpaired) electrons. The molecule has 1 saturated heterocycles. The number of amides is 1. The molecule has 1 heterocycles. The number of nitrogens with one attached hydrogen (secondary N) is 1. The van der Waals surface area contributed by atoms with Crippen molar-refractivity contribution < 1.29 is 26.7 Å². The molecule has 0 bridgehead atoms. The second kappa shape index (κ2) is 6.57. The normalized spacial score (nSPS) is 16.6. The van der Waals surface area contributed by atoms with Gasteiger partial charge in [0.15, 0.2) is 0 Å². The van der Waals surface area contributed by atoms with E-state index in [1.165, 1.54) is 12.0 Å². The maximum atomic E-state index is 13.6. The summed E-state index contributed by atoms with van der Waals surface area (Å²) in [5.74, 6) is -1.98. The van der Waals surface area contributed by atoms with Crippen molar-refractivity contribution in [2.75, 3.05) is 20.2 Å². The second-order valence-electron chi connectivity index (χ2n) is 4.93. The molecule has 1 amide bonds. The quantitative estimate of drug-likeness (QED) is 0.908. The van der Waals surface area contributed by atoms with E-state index in [4.69, 9.17) is 0 Å². The van der Waals surface area contributed by atoms with E-state index < -0.39 is 38.7 Å². The van der Waals surface area contributed by atoms with Crippen molar-refractivity contribution in [3.8, 4) is 0 Å². The van der Waals surface area contributed by atoms with Crippen LogP contribution >= 0.6 is 0 Å². The predicted molar refractivity (Wildman–Crippen MR) is 73.7 cm³/mol. The van der Waals surface area contributed by atoms with E-state index in [9.17, 15) is 22.0 Å². The third-order valence-electron chi connectivity index (χ3n) is 3.43. The van der Waals surface area contributed by atoms with Gasteiger partial charge in [-0.2, -0.15) is 0 Å². The zero-order chi connectivity index (χ0) is 16.3. The highest BCUT2D eigenvalue weighted by Gasteiger charge is 2.28. The molecular weight excluding hydrogens is 318 g/mol. The molecule has 122 valence electrons. The minimum absolute atomic E-state index is 0.339. The maximum Gasteiger partial charge on any atom is 0.409 e. The van der Waals surface area contributed by atoms with Crippen LogP contribution in [0.25, 0.3) is 0 Å². The molecule has 0 aromatic heterocycles. The summed E-state index contributed by atoms with van der Waals surface area (Å²) in [4.78, 5) is 12.2. The van der Waals surface area contributed by atoms with Crippen LogP contribution in [0.3, 0.4) is 0 Å². The molecule has 0 atom stereocenters. The van der Waals surface area contributed by atoms with Crippen LogP contribution in [0.1, 0.15) is 12.8 Å². The summed E-state index contributed by atoms with van der Waals surface area (Å²) in [6, 6.07) is 1.87. The summed E-state index contributed by atoms with van der Waals surface area (Å²) in [6.07, 6.45) is 0.305. The number of piperidine rings is 1. The van der Waals surface area contributed by atoms with E-state index in [1.807, 2.05) is 0 Å². The maximum absolute atomic E-state index is 13.6. The number of sulfonamides is 1. The smallest absolute Gasteiger partial charge is 0.409 e. The Morgan fingerprint density at radius 2 is 1.95 bits per heavy atom. The molecule has 1 aliphatic rings. The van der Waals surface area contributed by atoms with Crippen LogP contribution in [-0.4, -0.2) is 45.7 Å². The fourth-order valence-corrected chi connectivity index (χ4v) is 3.65. The number of likely N-dealkylation sites (tertiary alicyclic amines) is 1. The molecule has 1 aromatic rings. The highest BCUT2D eigenvalue weighted by atomic mass is 32.2. The molecular formula is C13H16F2N2O4S. The standard InChI is InChI=1S/C13H16F2N2O4S/c1-21-13(18)17-6-4-10(5-7-17)16-22(19,20)12-3-2-9(14)8-11(12)15/h2-3,8,10,16H,4-7H2,1H3. The molecule has 6 nitrogen and oxygen atoms in total. The van der Waals surface area contributed by atoms with E-state index in [0.717, 1.165) is 12.1 Å². The number of halogens is 2. The van der Waals surface area contributed by atoms with Gasteiger partial charge in [0.25, 0.3) is 0 Å². The number of methoxy groups -OCH3 is 1. The molecule has 9 heteroatoms. The first-order valence-corrected chi connectivity index (χ1v) is 8.12. The lowest BCUT2D eigenvalue weighted by atomic mass is 10.1. The summed E-state index contributed by atoms with van der Waals surface area (Å²) in [7, 11) is -2.80. The fraction of sp³-hybridized carbons (Fsp3) is 0.462. The monoisotopic (exact) mass is 334 g/mol. The Bertz CT molecular complexity index is 658. The number of hydrogen-bond acceptors (Lipinski definition) is 4. The lowest BCUT2D eigenvalue weighted by molar-refractivity contribution is 0.111. The van der Waals surface area contributed by atoms with Gasteiger partial charge in [-0.05, 0) is 25.0 Å². The Labute approximate surface area is 127 Å². The summed E-state index contributed by atoms with van der Waals surface area (Å²) in [5, 5.41) is 0. The molecule has 1 aliphatic heterocycles. The van der Waals surface area contributed by atoms with Crippen LogP contribution in [0.2, 0.25) is 0 Å². The number of hydrogen-bond donors (Lipinski definition) is 1. The van der Waals surface area contributed by atoms with E-state index in [-0.39, 0.29) is 0 Å². The third-order valence-corrected chi connectivity index (χ3v) is 4.99. The topological polar surface area (TPSA) is 75.7 Å². The van der Waals surface area contributed by atoms with Crippen LogP contribution in [0.15, 0.2) is 23.1 Å². The third kappa shape index (κ3) is 3.72. The molecule has 1 aromatic carbocycles. The van der Waals surface area contributed by atoms with Crippen molar-refractivity contribution in [2.45, 2.75) is 23.8 Å². The molecule has 1 fully saturated rings. The Morgan fingerprint density at radius 3 is 2.50 bits per heavy atom. The number of benzene rings is 1. The Morgan fingerprint density at radius 1 is 1.32 bits per heavy atom. The summed E-state index contributed by atoms with van der Waals surface area (Å²) >= 11 is 0. The predicted octanol–water partition coefficient (Wildman–Crippen LogP) is 1.47. The zero-order valence-electron chi connectivity index (χ0n) is 11.9. The van der Waals surface area contributed by atoms with E-state index in [2.05, 4.69) is 9.46 Å². The van der Waals surface area contributed by atoms with Gasteiger partial charge in [0.2, 0.25) is 10.0 Å². The highest BCUT2D eigenvalue weighted by Crippen LogP contribution is 2.18. The van der Waals surface area contributed by atoms with Gasteiger partial charge >= 0.3 is 6.09 Å². The van der Waals surface area contributed by atoms with Gasteiger partial charge in [-0.1, -0.05) is 0 Å². The first kappa shape index (κ1) is 16.6. The Hall–Kier alpha value is -1.74. The highest BCUT2D eigenvalue weighted by molar-refractivity contribution is 7.89. The molecule has 0 unspecified atom stereocenters. The second-order valence-corrected chi connectivity index (χ2v) is 6.61. The van der Waals surface area contributed by atoms with Crippen molar-refractivity contribution in [3.05, 3.63) is 29.8 Å². The fourth-order valence-electron chi connectivity index (χ4n) is 2.29. The summed E-state index contributed by atoms with van der Waals surface area (Å²) in [5.41, 5.74) is 0. The number of ether oxygens (including phenoxy) is 1. The average Bonchev–Trinajstić information content (AvgIpc) is 2.46. The van der Waals surface area contributed by atoms with Crippen molar-refractivity contribution in [3.63, 3.8) is 0 Å². The van der Waals surface area contributed by atoms with Crippen LogP contribution in [0.5, 0.6) is 0 Å². The molecule has 1 N–H and O–H groups in total. The molecule has 2 rings (SSSR count). The zero-order valence-corrected chi connectivity index (χ0v) is 12.7. The Kier molecular flexibility index (Phi) is 4.97. The summed E-state index contributed by atoms with van der Waals surface area (Å²) < 4.78 is 57.6. The summed E-state index contributed by atoms with van der Waals surface area (Å²) in [6.45, 7) is 0.678. The van der Waals surface area contributed by atoms with Crippen molar-refractivity contribution in [1.29, 1.82) is 0 Å². The first-order chi connectivity index (χ1) is 10.3. The lowest BCUT2D eigenvalue weighted by Gasteiger charge is -2.31. The largest absolute Gasteiger partial charge is 0.453 e. The van der Waals surface area contributed by atoms with Gasteiger partial charge in [0.05, 0.1) is 7.11 Å². The van der Waals surface area contributed by atoms with E-state index in [0.29, 0.717) is 32.0 Å². The van der Waals surface area contributed by atoms with Crippen LogP contribution in [0, 0.1) is 11.6 Å². The van der Waals surface area contributed by atoms with Crippen molar-refractivity contribution >= 4 is 16.1 Å². The van der Waals surface area contributed by atoms with Crippen LogP contribution in [-0.2, 0) is 14.8 Å². The van der Waals surface area contributed by atoms with E-state index in [1.54, 1.807) is 0 Å². The minimum atomic E-state index is -4.08. The SMILES string of the molecule is COC(=O)N1CCC(NS(=O)(=O)c2ccc(F)cc2F)CC1. The minimum Gasteiger partial charge on any atom is -0.453 e. The average molecular weight is 334 g/mol.